The first kappa shape index (κ1) is 24.8. The molecule has 196 valence electrons. The highest BCUT2D eigenvalue weighted by molar-refractivity contribution is 5.85. The van der Waals surface area contributed by atoms with Crippen molar-refractivity contribution >= 4 is 11.0 Å². The van der Waals surface area contributed by atoms with E-state index in [1.807, 2.05) is 0 Å². The van der Waals surface area contributed by atoms with Gasteiger partial charge >= 0.3 is 0 Å². The van der Waals surface area contributed by atoms with Crippen LogP contribution in [0.2, 0.25) is 0 Å². The lowest BCUT2D eigenvalue weighted by Gasteiger charge is -2.10. The van der Waals surface area contributed by atoms with E-state index in [4.69, 9.17) is 0 Å². The monoisotopic (exact) mass is 527 g/mol. The fraction of sp³-hybridized carbons (Fsp3) is 0.0513. The predicted octanol–water partition coefficient (Wildman–Crippen LogP) is 9.43. The van der Waals surface area contributed by atoms with Crippen LogP contribution in [0.1, 0.15) is 5.56 Å². The van der Waals surface area contributed by atoms with Gasteiger partial charge in [-0.15, -0.1) is 0 Å². The summed E-state index contributed by atoms with van der Waals surface area (Å²) in [4.78, 5) is 0. The van der Waals surface area contributed by atoms with Gasteiger partial charge in [-0.3, -0.25) is 0 Å². The Bertz CT molecular complexity index is 1970. The van der Waals surface area contributed by atoms with Gasteiger partial charge in [-0.05, 0) is 82.3 Å². The zero-order chi connectivity index (χ0) is 27.8. The number of hydrogen-bond acceptors (Lipinski definition) is 0. The molecule has 0 aliphatic heterocycles. The highest BCUT2D eigenvalue weighted by Crippen LogP contribution is 2.34. The Kier molecular flexibility index (Phi) is 6.29. The van der Waals surface area contributed by atoms with E-state index in [0.717, 1.165) is 11.5 Å². The van der Waals surface area contributed by atoms with E-state index < -0.39 is 0 Å². The van der Waals surface area contributed by atoms with E-state index in [1.165, 1.54) is 55.5 Å². The summed E-state index contributed by atoms with van der Waals surface area (Å²) >= 11 is 0. The van der Waals surface area contributed by atoms with Crippen LogP contribution in [0.15, 0.2) is 152 Å². The molecule has 0 atom stereocenters. The standard InChI is InChI=1S/C39H31N2/c1-28-18-19-33(30-14-8-4-9-15-30)26-36(28)39-40(2)37-25-22-34(31-16-10-5-11-17-31)27-38(37)41(39)35-23-20-32(21-24-35)29-12-6-3-7-13-29/h3-27H,1-2H3/q+1. The second kappa shape index (κ2) is 10.4. The third-order valence-electron chi connectivity index (χ3n) is 8.03. The van der Waals surface area contributed by atoms with Crippen molar-refractivity contribution in [2.24, 2.45) is 7.05 Å². The molecule has 1 aromatic heterocycles. The Labute approximate surface area is 241 Å². The number of rotatable bonds is 5. The lowest BCUT2D eigenvalue weighted by molar-refractivity contribution is -0.633. The highest BCUT2D eigenvalue weighted by atomic mass is 15.2. The minimum Gasteiger partial charge on any atom is -0.225 e. The molecule has 2 nitrogen and oxygen atoms in total. The maximum Gasteiger partial charge on any atom is 0.295 e. The number of fused-ring (bicyclic) bond motifs is 1. The second-order valence-corrected chi connectivity index (χ2v) is 10.6. The van der Waals surface area contributed by atoms with Crippen molar-refractivity contribution in [3.63, 3.8) is 0 Å². The van der Waals surface area contributed by atoms with Gasteiger partial charge in [-0.2, -0.15) is 4.57 Å². The smallest absolute Gasteiger partial charge is 0.225 e. The van der Waals surface area contributed by atoms with E-state index in [9.17, 15) is 0 Å². The first-order chi connectivity index (χ1) is 20.2. The zero-order valence-electron chi connectivity index (χ0n) is 23.3. The molecule has 41 heavy (non-hydrogen) atoms. The molecule has 0 aliphatic rings. The van der Waals surface area contributed by atoms with Gasteiger partial charge in [0.1, 0.15) is 5.69 Å². The van der Waals surface area contributed by atoms with Crippen LogP contribution in [0.3, 0.4) is 0 Å². The van der Waals surface area contributed by atoms with Gasteiger partial charge in [0.25, 0.3) is 5.82 Å². The van der Waals surface area contributed by atoms with E-state index in [0.29, 0.717) is 0 Å². The molecule has 0 amide bonds. The Morgan fingerprint density at radius 2 is 0.927 bits per heavy atom. The minimum absolute atomic E-state index is 1.14. The Morgan fingerprint density at radius 3 is 1.51 bits per heavy atom. The summed E-state index contributed by atoms with van der Waals surface area (Å²) in [6.07, 6.45) is 0. The summed E-state index contributed by atoms with van der Waals surface area (Å²) < 4.78 is 4.76. The van der Waals surface area contributed by atoms with Crippen molar-refractivity contribution in [3.8, 4) is 50.5 Å². The van der Waals surface area contributed by atoms with Gasteiger partial charge in [-0.25, -0.2) is 4.57 Å². The summed E-state index contributed by atoms with van der Waals surface area (Å²) in [5, 5.41) is 0. The van der Waals surface area contributed by atoms with Crippen molar-refractivity contribution in [1.29, 1.82) is 0 Å². The molecular formula is C39H31N2+. The lowest BCUT2D eigenvalue weighted by Crippen LogP contribution is -2.30. The maximum atomic E-state index is 2.42. The Hall–Kier alpha value is -5.21. The normalized spacial score (nSPS) is 11.2. The number of imidazole rings is 1. The third kappa shape index (κ3) is 4.54. The van der Waals surface area contributed by atoms with Crippen molar-refractivity contribution in [1.82, 2.24) is 4.57 Å². The summed E-state index contributed by atoms with van der Waals surface area (Å²) in [6.45, 7) is 2.21. The average Bonchev–Trinajstić information content (AvgIpc) is 3.33. The maximum absolute atomic E-state index is 2.42. The summed E-state index contributed by atoms with van der Waals surface area (Å²) in [6, 6.07) is 54.4. The summed E-state index contributed by atoms with van der Waals surface area (Å²) in [5.74, 6) is 1.16. The van der Waals surface area contributed by atoms with Crippen LogP contribution in [0.25, 0.3) is 61.5 Å². The molecule has 0 saturated heterocycles. The molecular weight excluding hydrogens is 496 g/mol. The average molecular weight is 528 g/mol. The largest absolute Gasteiger partial charge is 0.295 e. The molecule has 1 heterocycles. The van der Waals surface area contributed by atoms with Crippen LogP contribution in [-0.4, -0.2) is 4.57 Å². The molecule has 0 unspecified atom stereocenters. The Balaban J connectivity index is 1.48. The zero-order valence-corrected chi connectivity index (χ0v) is 23.3. The third-order valence-corrected chi connectivity index (χ3v) is 8.03. The Morgan fingerprint density at radius 1 is 0.463 bits per heavy atom. The molecule has 0 bridgehead atoms. The van der Waals surface area contributed by atoms with Crippen LogP contribution in [0.4, 0.5) is 0 Å². The van der Waals surface area contributed by atoms with Crippen LogP contribution < -0.4 is 4.57 Å². The highest BCUT2D eigenvalue weighted by Gasteiger charge is 2.28. The van der Waals surface area contributed by atoms with Crippen molar-refractivity contribution in [2.45, 2.75) is 6.92 Å². The molecule has 0 aliphatic carbocycles. The van der Waals surface area contributed by atoms with Crippen LogP contribution in [0, 0.1) is 6.92 Å². The van der Waals surface area contributed by atoms with Crippen LogP contribution in [0.5, 0.6) is 0 Å². The topological polar surface area (TPSA) is 8.81 Å². The fourth-order valence-corrected chi connectivity index (χ4v) is 5.84. The predicted molar refractivity (Wildman–Crippen MR) is 171 cm³/mol. The SMILES string of the molecule is Cc1ccc(-c2ccccc2)cc1-c1n(-c2ccc(-c3ccccc3)cc2)c2cc(-c3ccccc3)ccc2[n+]1C. The van der Waals surface area contributed by atoms with Crippen LogP contribution >= 0.6 is 0 Å². The molecule has 2 heteroatoms. The van der Waals surface area contributed by atoms with Crippen molar-refractivity contribution in [3.05, 3.63) is 157 Å². The van der Waals surface area contributed by atoms with Gasteiger partial charge in [0.15, 0.2) is 11.0 Å². The molecule has 0 spiro atoms. The molecule has 7 aromatic rings. The summed E-state index contributed by atoms with van der Waals surface area (Å²) in [5.41, 5.74) is 13.3. The molecule has 7 rings (SSSR count). The number of hydrogen-bond donors (Lipinski definition) is 0. The van der Waals surface area contributed by atoms with Gasteiger partial charge < -0.3 is 0 Å². The van der Waals surface area contributed by atoms with Gasteiger partial charge in [0, 0.05) is 0 Å². The quantitative estimate of drug-likeness (QED) is 0.197. The van der Waals surface area contributed by atoms with E-state index >= 15 is 0 Å². The minimum atomic E-state index is 1.14. The molecule has 0 fully saturated rings. The number of aromatic nitrogens is 2. The summed E-state index contributed by atoms with van der Waals surface area (Å²) in [7, 11) is 2.18. The van der Waals surface area contributed by atoms with Gasteiger partial charge in [0.05, 0.1) is 12.6 Å². The van der Waals surface area contributed by atoms with Gasteiger partial charge in [0.2, 0.25) is 0 Å². The van der Waals surface area contributed by atoms with Gasteiger partial charge in [-0.1, -0.05) is 115 Å². The molecule has 0 radical (unpaired) electrons. The van der Waals surface area contributed by atoms with E-state index in [2.05, 4.69) is 175 Å². The van der Waals surface area contributed by atoms with E-state index in [-0.39, 0.29) is 0 Å². The van der Waals surface area contributed by atoms with Crippen molar-refractivity contribution in [2.75, 3.05) is 0 Å². The molecule has 0 saturated carbocycles. The van der Waals surface area contributed by atoms with Crippen LogP contribution in [-0.2, 0) is 7.05 Å². The first-order valence-corrected chi connectivity index (χ1v) is 14.1. The number of aryl methyl sites for hydroxylation is 2. The van der Waals surface area contributed by atoms with E-state index in [1.54, 1.807) is 0 Å². The first-order valence-electron chi connectivity index (χ1n) is 14.1. The molecule has 6 aromatic carbocycles. The van der Waals surface area contributed by atoms with Crippen molar-refractivity contribution < 1.29 is 4.57 Å². The molecule has 0 N–H and O–H groups in total. The number of benzene rings is 6. The number of nitrogens with zero attached hydrogens (tertiary/aromatic N) is 2. The fourth-order valence-electron chi connectivity index (χ4n) is 5.84. The lowest BCUT2D eigenvalue weighted by atomic mass is 9.99. The second-order valence-electron chi connectivity index (χ2n) is 10.6.